The van der Waals surface area contributed by atoms with Crippen molar-refractivity contribution >= 4 is 81.3 Å². The fourth-order valence-electron chi connectivity index (χ4n) is 7.35. The number of benzene rings is 8. The third kappa shape index (κ3) is 4.55. The lowest BCUT2D eigenvalue weighted by atomic mass is 10.00. The van der Waals surface area contributed by atoms with Crippen LogP contribution in [0.5, 0.6) is 0 Å². The van der Waals surface area contributed by atoms with Crippen molar-refractivity contribution in [3.8, 4) is 22.3 Å². The zero-order valence-corrected chi connectivity index (χ0v) is 27.3. The lowest BCUT2D eigenvalue weighted by molar-refractivity contribution is 0.670. The first-order valence-corrected chi connectivity index (χ1v) is 17.4. The fourth-order valence-corrected chi connectivity index (χ4v) is 8.57. The van der Waals surface area contributed by atoms with Crippen molar-refractivity contribution in [3.05, 3.63) is 176 Å². The zero-order chi connectivity index (χ0) is 32.3. The van der Waals surface area contributed by atoms with E-state index >= 15 is 0 Å². The number of rotatable bonds is 5. The molecular weight excluding hydrogens is 615 g/mol. The molecule has 0 aliphatic heterocycles. The molecule has 0 amide bonds. The van der Waals surface area contributed by atoms with E-state index in [0.717, 1.165) is 50.1 Å². The van der Waals surface area contributed by atoms with Crippen LogP contribution in [0.15, 0.2) is 180 Å². The molecule has 8 aromatic carbocycles. The minimum atomic E-state index is 0.912. The maximum atomic E-state index is 6.40. The Hall–Kier alpha value is -6.16. The van der Waals surface area contributed by atoms with Gasteiger partial charge in [-0.25, -0.2) is 0 Å². The van der Waals surface area contributed by atoms with Crippen molar-refractivity contribution in [2.45, 2.75) is 0 Å². The number of nitrogens with zero attached hydrogens (tertiary/aromatic N) is 1. The van der Waals surface area contributed by atoms with Crippen LogP contribution in [0.25, 0.3) is 75.1 Å². The number of furan rings is 1. The number of anilines is 3. The Morgan fingerprint density at radius 1 is 0.429 bits per heavy atom. The number of hydrogen-bond acceptors (Lipinski definition) is 3. The first kappa shape index (κ1) is 27.9. The average molecular weight is 644 g/mol. The van der Waals surface area contributed by atoms with Crippen LogP contribution in [0.1, 0.15) is 0 Å². The molecule has 0 aliphatic carbocycles. The van der Waals surface area contributed by atoms with Gasteiger partial charge in [-0.3, -0.25) is 0 Å². The van der Waals surface area contributed by atoms with Gasteiger partial charge in [-0.15, -0.1) is 11.3 Å². The SMILES string of the molecule is c1ccc(-c2ccccc2N(c2ccc(-c3cccc4c3oc3ccccc34)cc2)c2ccc3sc4c5ccccc5ccc4c3c2)cc1. The van der Waals surface area contributed by atoms with Crippen molar-refractivity contribution < 1.29 is 4.42 Å². The third-order valence-corrected chi connectivity index (χ3v) is 10.9. The molecule has 10 aromatic rings. The van der Waals surface area contributed by atoms with Gasteiger partial charge in [0, 0.05) is 53.4 Å². The molecule has 2 aromatic heterocycles. The summed E-state index contributed by atoms with van der Waals surface area (Å²) in [5, 5.41) is 7.44. The number of fused-ring (bicyclic) bond motifs is 8. The summed E-state index contributed by atoms with van der Waals surface area (Å²) in [6.45, 7) is 0. The molecule has 230 valence electrons. The van der Waals surface area contributed by atoms with Crippen molar-refractivity contribution in [1.82, 2.24) is 0 Å². The van der Waals surface area contributed by atoms with E-state index in [1.165, 1.54) is 42.1 Å². The van der Waals surface area contributed by atoms with E-state index in [-0.39, 0.29) is 0 Å². The Kier molecular flexibility index (Phi) is 6.39. The topological polar surface area (TPSA) is 16.4 Å². The second kappa shape index (κ2) is 11.2. The molecule has 3 heteroatoms. The van der Waals surface area contributed by atoms with Gasteiger partial charge in [-0.1, -0.05) is 133 Å². The number of para-hydroxylation sites is 3. The molecule has 0 bridgehead atoms. The fraction of sp³-hybridized carbons (Fsp3) is 0. The third-order valence-electron chi connectivity index (χ3n) is 9.67. The molecule has 0 atom stereocenters. The van der Waals surface area contributed by atoms with Crippen molar-refractivity contribution in [3.63, 3.8) is 0 Å². The highest BCUT2D eigenvalue weighted by Gasteiger charge is 2.20. The van der Waals surface area contributed by atoms with Gasteiger partial charge in [0.25, 0.3) is 0 Å². The summed E-state index contributed by atoms with van der Waals surface area (Å²) >= 11 is 1.88. The molecule has 49 heavy (non-hydrogen) atoms. The Labute approximate surface area is 287 Å². The van der Waals surface area contributed by atoms with Gasteiger partial charge >= 0.3 is 0 Å². The van der Waals surface area contributed by atoms with Crippen LogP contribution < -0.4 is 4.90 Å². The maximum Gasteiger partial charge on any atom is 0.143 e. The molecule has 10 rings (SSSR count). The van der Waals surface area contributed by atoms with Crippen LogP contribution in [0, 0.1) is 0 Å². The maximum absolute atomic E-state index is 6.40. The second-order valence-corrected chi connectivity index (χ2v) is 13.5. The predicted octanol–water partition coefficient (Wildman–Crippen LogP) is 13.9. The molecule has 2 nitrogen and oxygen atoms in total. The molecule has 0 saturated carbocycles. The van der Waals surface area contributed by atoms with Crippen LogP contribution >= 0.6 is 11.3 Å². The molecule has 0 N–H and O–H groups in total. The van der Waals surface area contributed by atoms with E-state index in [4.69, 9.17) is 4.42 Å². The molecular formula is C46H29NOS. The number of hydrogen-bond donors (Lipinski definition) is 0. The molecule has 2 heterocycles. The van der Waals surface area contributed by atoms with Gasteiger partial charge in [0.15, 0.2) is 0 Å². The standard InChI is InChI=1S/C46H29NOS/c1-2-11-30(12-3-1)35-14-6-8-19-42(35)47(34-26-28-44-41(29-34)40-27-23-31-13-4-5-15-37(31)46(40)49-44)33-24-21-32(22-25-33)36-17-10-18-39-38-16-7-9-20-43(38)48-45(36)39/h1-29H. The zero-order valence-electron chi connectivity index (χ0n) is 26.5. The van der Waals surface area contributed by atoms with E-state index in [9.17, 15) is 0 Å². The van der Waals surface area contributed by atoms with E-state index in [1.54, 1.807) is 0 Å². The molecule has 0 unspecified atom stereocenters. The summed E-state index contributed by atoms with van der Waals surface area (Å²) in [6.07, 6.45) is 0. The predicted molar refractivity (Wildman–Crippen MR) is 210 cm³/mol. The normalized spacial score (nSPS) is 11.7. The summed E-state index contributed by atoms with van der Waals surface area (Å²) in [5.41, 5.74) is 9.75. The van der Waals surface area contributed by atoms with Crippen LogP contribution in [0.3, 0.4) is 0 Å². The Morgan fingerprint density at radius 2 is 1.12 bits per heavy atom. The van der Waals surface area contributed by atoms with Gasteiger partial charge < -0.3 is 9.32 Å². The quantitative estimate of drug-likeness (QED) is 0.186. The minimum absolute atomic E-state index is 0.912. The van der Waals surface area contributed by atoms with Crippen molar-refractivity contribution in [2.24, 2.45) is 0 Å². The first-order chi connectivity index (χ1) is 24.3. The molecule has 0 fully saturated rings. The van der Waals surface area contributed by atoms with Crippen molar-refractivity contribution in [1.29, 1.82) is 0 Å². The van der Waals surface area contributed by atoms with E-state index < -0.39 is 0 Å². The summed E-state index contributed by atoms with van der Waals surface area (Å²) in [4.78, 5) is 2.40. The average Bonchev–Trinajstić information content (AvgIpc) is 3.74. The molecule has 0 saturated heterocycles. The van der Waals surface area contributed by atoms with Gasteiger partial charge in [-0.2, -0.15) is 0 Å². The molecule has 0 radical (unpaired) electrons. The Balaban J connectivity index is 1.16. The second-order valence-electron chi connectivity index (χ2n) is 12.5. The summed E-state index contributed by atoms with van der Waals surface area (Å²) in [7, 11) is 0. The Morgan fingerprint density at radius 3 is 2.02 bits per heavy atom. The minimum Gasteiger partial charge on any atom is -0.455 e. The largest absolute Gasteiger partial charge is 0.455 e. The number of thiophene rings is 1. The highest BCUT2D eigenvalue weighted by molar-refractivity contribution is 7.26. The monoisotopic (exact) mass is 643 g/mol. The van der Waals surface area contributed by atoms with Crippen LogP contribution in [0.4, 0.5) is 17.1 Å². The van der Waals surface area contributed by atoms with Gasteiger partial charge in [-0.05, 0) is 64.4 Å². The van der Waals surface area contributed by atoms with E-state index in [0.29, 0.717) is 0 Å². The summed E-state index contributed by atoms with van der Waals surface area (Å²) in [6, 6.07) is 63.2. The van der Waals surface area contributed by atoms with Crippen LogP contribution in [0.2, 0.25) is 0 Å². The first-order valence-electron chi connectivity index (χ1n) is 16.6. The molecule has 0 spiro atoms. The smallest absolute Gasteiger partial charge is 0.143 e. The van der Waals surface area contributed by atoms with E-state index in [2.05, 4.69) is 169 Å². The van der Waals surface area contributed by atoms with Gasteiger partial charge in [0.05, 0.1) is 5.69 Å². The van der Waals surface area contributed by atoms with Crippen molar-refractivity contribution in [2.75, 3.05) is 4.90 Å². The lowest BCUT2D eigenvalue weighted by Crippen LogP contribution is -2.11. The van der Waals surface area contributed by atoms with Gasteiger partial charge in [0.2, 0.25) is 0 Å². The highest BCUT2D eigenvalue weighted by atomic mass is 32.1. The lowest BCUT2D eigenvalue weighted by Gasteiger charge is -2.28. The highest BCUT2D eigenvalue weighted by Crippen LogP contribution is 2.45. The van der Waals surface area contributed by atoms with E-state index in [1.807, 2.05) is 23.5 Å². The molecule has 0 aliphatic rings. The Bertz CT molecular complexity index is 2830. The van der Waals surface area contributed by atoms with Crippen LogP contribution in [-0.4, -0.2) is 0 Å². The van der Waals surface area contributed by atoms with Crippen LogP contribution in [-0.2, 0) is 0 Å². The van der Waals surface area contributed by atoms with Gasteiger partial charge in [0.1, 0.15) is 11.2 Å². The summed E-state index contributed by atoms with van der Waals surface area (Å²) < 4.78 is 9.04. The summed E-state index contributed by atoms with van der Waals surface area (Å²) in [5.74, 6) is 0.